The molecule has 6 heteroatoms. The summed E-state index contributed by atoms with van der Waals surface area (Å²) in [6.45, 7) is 0. The Morgan fingerprint density at radius 2 is 2.15 bits per heavy atom. The van der Waals surface area contributed by atoms with E-state index in [9.17, 15) is 14.9 Å². The van der Waals surface area contributed by atoms with E-state index in [1.807, 2.05) is 0 Å². The number of thiol groups is 1. The molecule has 0 radical (unpaired) electrons. The molecule has 0 heterocycles. The van der Waals surface area contributed by atoms with E-state index in [-0.39, 0.29) is 16.3 Å². The van der Waals surface area contributed by atoms with Crippen molar-refractivity contribution in [3.63, 3.8) is 0 Å². The highest BCUT2D eigenvalue weighted by atomic mass is 35.5. The Morgan fingerprint density at radius 1 is 1.54 bits per heavy atom. The van der Waals surface area contributed by atoms with Crippen LogP contribution in [0.25, 0.3) is 0 Å². The molecule has 0 aliphatic heterocycles. The van der Waals surface area contributed by atoms with Gasteiger partial charge in [0, 0.05) is 17.7 Å². The molecule has 68 valence electrons. The van der Waals surface area contributed by atoms with Gasteiger partial charge in [0.05, 0.1) is 9.95 Å². The second-order valence-electron chi connectivity index (χ2n) is 2.23. The first kappa shape index (κ1) is 10.0. The molecular weight excluding hydrogens is 214 g/mol. The maximum atomic E-state index is 10.8. The summed E-state index contributed by atoms with van der Waals surface area (Å²) in [5, 5.41) is 9.80. The van der Waals surface area contributed by atoms with Crippen LogP contribution in [0.3, 0.4) is 0 Å². The van der Waals surface area contributed by atoms with Crippen LogP contribution >= 0.6 is 24.2 Å². The van der Waals surface area contributed by atoms with Crippen molar-refractivity contribution < 1.29 is 9.72 Å². The topological polar surface area (TPSA) is 60.2 Å². The van der Waals surface area contributed by atoms with E-state index >= 15 is 0 Å². The lowest BCUT2D eigenvalue weighted by atomic mass is 10.2. The Hall–Kier alpha value is -1.07. The van der Waals surface area contributed by atoms with E-state index in [4.69, 9.17) is 11.6 Å². The molecule has 0 atom stereocenters. The number of nitro groups is 1. The van der Waals surface area contributed by atoms with Crippen LogP contribution in [-0.2, 0) is 0 Å². The van der Waals surface area contributed by atoms with Crippen LogP contribution in [0, 0.1) is 10.1 Å². The summed E-state index contributed by atoms with van der Waals surface area (Å²) in [4.78, 5) is 20.4. The van der Waals surface area contributed by atoms with Gasteiger partial charge >= 0.3 is 0 Å². The lowest BCUT2D eigenvalue weighted by molar-refractivity contribution is -0.384. The molecule has 0 N–H and O–H groups in total. The van der Waals surface area contributed by atoms with Gasteiger partial charge in [-0.1, -0.05) is 11.6 Å². The third kappa shape index (κ3) is 2.19. The average molecular weight is 218 g/mol. The molecule has 0 aliphatic rings. The Bertz CT molecular complexity index is 380. The normalized spacial score (nSPS) is 9.69. The summed E-state index contributed by atoms with van der Waals surface area (Å²) < 4.78 is 0. The SMILES string of the molecule is O=C(S)c1ccc([N+](=O)[O-])cc1Cl. The molecule has 0 bridgehead atoms. The van der Waals surface area contributed by atoms with E-state index in [1.165, 1.54) is 12.1 Å². The Labute approximate surface area is 84.1 Å². The number of nitro benzene ring substituents is 1. The Kier molecular flexibility index (Phi) is 2.90. The quantitative estimate of drug-likeness (QED) is 0.470. The van der Waals surface area contributed by atoms with Gasteiger partial charge in [0.15, 0.2) is 0 Å². The fraction of sp³-hybridized carbons (Fsp3) is 0. The van der Waals surface area contributed by atoms with E-state index in [0.29, 0.717) is 0 Å². The highest BCUT2D eigenvalue weighted by molar-refractivity contribution is 7.97. The van der Waals surface area contributed by atoms with Gasteiger partial charge in [-0.05, 0) is 6.07 Å². The summed E-state index contributed by atoms with van der Waals surface area (Å²) in [6.07, 6.45) is 0. The number of nitrogens with zero attached hydrogens (tertiary/aromatic N) is 1. The fourth-order valence-electron chi connectivity index (χ4n) is 0.791. The van der Waals surface area contributed by atoms with Crippen LogP contribution in [-0.4, -0.2) is 10.0 Å². The third-order valence-electron chi connectivity index (χ3n) is 1.39. The lowest BCUT2D eigenvalue weighted by Crippen LogP contribution is -1.93. The Balaban J connectivity index is 3.20. The second kappa shape index (κ2) is 3.76. The predicted molar refractivity (Wildman–Crippen MR) is 51.4 cm³/mol. The minimum Gasteiger partial charge on any atom is -0.282 e. The highest BCUT2D eigenvalue weighted by Gasteiger charge is 2.11. The summed E-state index contributed by atoms with van der Waals surface area (Å²) in [7, 11) is 0. The predicted octanol–water partition coefficient (Wildman–Crippen LogP) is 2.32. The molecule has 13 heavy (non-hydrogen) atoms. The van der Waals surface area contributed by atoms with Crippen LogP contribution in [0.2, 0.25) is 5.02 Å². The van der Waals surface area contributed by atoms with E-state index in [1.54, 1.807) is 0 Å². The second-order valence-corrected chi connectivity index (χ2v) is 3.04. The van der Waals surface area contributed by atoms with Crippen molar-refractivity contribution in [1.82, 2.24) is 0 Å². The number of hydrogen-bond acceptors (Lipinski definition) is 3. The van der Waals surface area contributed by atoms with E-state index in [0.717, 1.165) is 6.07 Å². The first-order valence-electron chi connectivity index (χ1n) is 3.19. The van der Waals surface area contributed by atoms with Crippen LogP contribution < -0.4 is 0 Å². The molecule has 1 rings (SSSR count). The van der Waals surface area contributed by atoms with Crippen LogP contribution in [0.15, 0.2) is 18.2 Å². The minimum absolute atomic E-state index is 0.0363. The third-order valence-corrected chi connectivity index (χ3v) is 1.95. The van der Waals surface area contributed by atoms with Gasteiger partial charge in [-0.2, -0.15) is 0 Å². The van der Waals surface area contributed by atoms with Gasteiger partial charge < -0.3 is 0 Å². The van der Waals surface area contributed by atoms with Gasteiger partial charge in [-0.3, -0.25) is 14.9 Å². The van der Waals surface area contributed by atoms with Crippen molar-refractivity contribution in [3.8, 4) is 0 Å². The van der Waals surface area contributed by atoms with Crippen molar-refractivity contribution in [1.29, 1.82) is 0 Å². The van der Waals surface area contributed by atoms with Gasteiger partial charge in [0.25, 0.3) is 5.69 Å². The summed E-state index contributed by atoms with van der Waals surface area (Å²) in [6, 6.07) is 3.59. The number of benzene rings is 1. The van der Waals surface area contributed by atoms with Crippen molar-refractivity contribution in [3.05, 3.63) is 38.9 Å². The summed E-state index contributed by atoms with van der Waals surface area (Å²) in [5.41, 5.74) is 0.0129. The molecule has 1 aromatic rings. The minimum atomic E-state index is -0.585. The average Bonchev–Trinajstić information content (AvgIpc) is 2.03. The largest absolute Gasteiger partial charge is 0.282 e. The molecule has 0 unspecified atom stereocenters. The molecule has 0 spiro atoms. The van der Waals surface area contributed by atoms with Gasteiger partial charge in [-0.15, -0.1) is 12.6 Å². The molecule has 0 saturated heterocycles. The summed E-state index contributed by atoms with van der Waals surface area (Å²) >= 11 is 9.14. The van der Waals surface area contributed by atoms with Crippen LogP contribution in [0.1, 0.15) is 10.4 Å². The summed E-state index contributed by atoms with van der Waals surface area (Å²) in [5.74, 6) is 0. The van der Waals surface area contributed by atoms with Gasteiger partial charge in [-0.25, -0.2) is 0 Å². The molecule has 1 aromatic carbocycles. The molecule has 0 saturated carbocycles. The lowest BCUT2D eigenvalue weighted by Gasteiger charge is -1.97. The van der Waals surface area contributed by atoms with E-state index < -0.39 is 10.0 Å². The van der Waals surface area contributed by atoms with Crippen LogP contribution in [0.4, 0.5) is 5.69 Å². The fourth-order valence-corrected chi connectivity index (χ4v) is 1.31. The zero-order valence-electron chi connectivity index (χ0n) is 6.23. The molecule has 0 amide bonds. The number of hydrogen-bond donors (Lipinski definition) is 1. The number of halogens is 1. The zero-order chi connectivity index (χ0) is 10.0. The van der Waals surface area contributed by atoms with Crippen molar-refractivity contribution in [2.45, 2.75) is 0 Å². The molecule has 0 fully saturated rings. The monoisotopic (exact) mass is 217 g/mol. The number of carbonyl (C=O) groups excluding carboxylic acids is 1. The van der Waals surface area contributed by atoms with Crippen molar-refractivity contribution >= 4 is 35.0 Å². The number of rotatable bonds is 2. The first-order valence-corrected chi connectivity index (χ1v) is 4.02. The first-order chi connectivity index (χ1) is 6.02. The molecule has 0 aromatic heterocycles. The van der Waals surface area contributed by atoms with Gasteiger partial charge in [0.2, 0.25) is 5.12 Å². The maximum Gasteiger partial charge on any atom is 0.270 e. The molecule has 0 aliphatic carbocycles. The maximum absolute atomic E-state index is 10.8. The molecular formula is C7H4ClNO3S. The Morgan fingerprint density at radius 3 is 2.54 bits per heavy atom. The molecule has 4 nitrogen and oxygen atoms in total. The standard InChI is InChI=1S/C7H4ClNO3S/c8-6-3-4(9(11)12)1-2-5(6)7(10)13/h1-3H,(H,10,13). The van der Waals surface area contributed by atoms with Gasteiger partial charge in [0.1, 0.15) is 0 Å². The number of non-ortho nitro benzene ring substituents is 1. The van der Waals surface area contributed by atoms with Crippen molar-refractivity contribution in [2.24, 2.45) is 0 Å². The highest BCUT2D eigenvalue weighted by Crippen LogP contribution is 2.23. The van der Waals surface area contributed by atoms with E-state index in [2.05, 4.69) is 12.6 Å². The number of carbonyl (C=O) groups is 1. The smallest absolute Gasteiger partial charge is 0.270 e. The zero-order valence-corrected chi connectivity index (χ0v) is 7.88. The van der Waals surface area contributed by atoms with Crippen molar-refractivity contribution in [2.75, 3.05) is 0 Å². The van der Waals surface area contributed by atoms with Crippen LogP contribution in [0.5, 0.6) is 0 Å².